The van der Waals surface area contributed by atoms with Crippen LogP contribution in [-0.2, 0) is 14.3 Å². The number of nitrogens with zero attached hydrogens (tertiary/aromatic N) is 5. The second-order valence-electron chi connectivity index (χ2n) is 10.7. The average Bonchev–Trinajstić information content (AvgIpc) is 3.38. The lowest BCUT2D eigenvalue weighted by Crippen LogP contribution is -2.44. The number of carbonyl (C=O) groups is 2. The first-order valence-electron chi connectivity index (χ1n) is 13.3. The van der Waals surface area contributed by atoms with E-state index in [1.165, 1.54) is 12.1 Å². The van der Waals surface area contributed by atoms with Crippen molar-refractivity contribution in [3.8, 4) is 34.4 Å². The number of piperidine rings is 1. The smallest absolute Gasteiger partial charge is 0.322 e. The molecule has 4 aromatic rings. The lowest BCUT2D eigenvalue weighted by molar-refractivity contribution is -0.160. The van der Waals surface area contributed by atoms with Crippen molar-refractivity contribution in [2.45, 2.75) is 39.2 Å². The van der Waals surface area contributed by atoms with Gasteiger partial charge in [-0.3, -0.25) is 9.59 Å². The lowest BCUT2D eigenvalue weighted by atomic mass is 9.97. The second-order valence-corrected chi connectivity index (χ2v) is 10.7. The van der Waals surface area contributed by atoms with Gasteiger partial charge >= 0.3 is 12.0 Å². The van der Waals surface area contributed by atoms with Gasteiger partial charge in [-0.1, -0.05) is 6.07 Å². The molecule has 2 aromatic heterocycles. The summed E-state index contributed by atoms with van der Waals surface area (Å²) < 4.78 is 27.2. The summed E-state index contributed by atoms with van der Waals surface area (Å²) in [5.41, 5.74) is 2.59. The Labute approximate surface area is 237 Å². The zero-order valence-corrected chi connectivity index (χ0v) is 23.1. The third-order valence-corrected chi connectivity index (χ3v) is 6.53. The Kier molecular flexibility index (Phi) is 7.95. The minimum Gasteiger partial charge on any atom is -0.460 e. The highest BCUT2D eigenvalue weighted by atomic mass is 19.1. The summed E-state index contributed by atoms with van der Waals surface area (Å²) in [6, 6.07) is 14.8. The molecule has 1 saturated heterocycles. The number of carbonyl (C=O) groups excluding carboxylic acids is 2. The molecule has 2 aromatic carbocycles. The molecule has 1 aliphatic rings. The molecule has 0 spiro atoms. The Bertz CT molecular complexity index is 1520. The number of imidazole rings is 1. The molecule has 0 atom stereocenters. The molecule has 11 heteroatoms. The molecule has 0 bridgehead atoms. The Morgan fingerprint density at radius 1 is 1.07 bits per heavy atom. The first-order valence-corrected chi connectivity index (χ1v) is 13.3. The predicted octanol–water partition coefficient (Wildman–Crippen LogP) is 5.20. The summed E-state index contributed by atoms with van der Waals surface area (Å²) in [5.74, 6) is -0.258. The van der Waals surface area contributed by atoms with Gasteiger partial charge in [-0.2, -0.15) is 4.98 Å². The van der Waals surface area contributed by atoms with Crippen molar-refractivity contribution < 1.29 is 23.5 Å². The Balaban J connectivity index is 1.46. The summed E-state index contributed by atoms with van der Waals surface area (Å²) >= 11 is 0. The molecular formula is C30H31FN6O4. The van der Waals surface area contributed by atoms with E-state index in [2.05, 4.69) is 25.3 Å². The Morgan fingerprint density at radius 2 is 1.83 bits per heavy atom. The fourth-order valence-electron chi connectivity index (χ4n) is 4.66. The fourth-order valence-corrected chi connectivity index (χ4v) is 4.66. The minimum atomic E-state index is -0.533. The van der Waals surface area contributed by atoms with Crippen LogP contribution in [0, 0.1) is 11.7 Å². The molecule has 1 N–H and O–H groups in total. The van der Waals surface area contributed by atoms with Crippen molar-refractivity contribution in [2.24, 2.45) is 5.92 Å². The van der Waals surface area contributed by atoms with Crippen LogP contribution in [-0.4, -0.2) is 50.7 Å². The SMILES string of the molecule is CC(C)(C)OC(=O)C1CCN(n2cnc(-c3ccc(F)cc3)c2-c2ccnc(Oc3cccc(NC=O)c3)n2)CC1. The van der Waals surface area contributed by atoms with Crippen LogP contribution in [0.2, 0.25) is 0 Å². The van der Waals surface area contributed by atoms with Gasteiger partial charge in [0.1, 0.15) is 29.2 Å². The number of hydrogen-bond acceptors (Lipinski definition) is 8. The van der Waals surface area contributed by atoms with E-state index in [1.54, 1.807) is 55.0 Å². The van der Waals surface area contributed by atoms with Crippen LogP contribution in [0.1, 0.15) is 33.6 Å². The van der Waals surface area contributed by atoms with Gasteiger partial charge in [0.05, 0.1) is 17.3 Å². The predicted molar refractivity (Wildman–Crippen MR) is 151 cm³/mol. The van der Waals surface area contributed by atoms with Crippen LogP contribution < -0.4 is 15.1 Å². The quantitative estimate of drug-likeness (QED) is 0.232. The highest BCUT2D eigenvalue weighted by Crippen LogP contribution is 2.33. The van der Waals surface area contributed by atoms with Crippen LogP contribution >= 0.6 is 0 Å². The highest BCUT2D eigenvalue weighted by Gasteiger charge is 2.31. The molecule has 0 aliphatic carbocycles. The zero-order chi connectivity index (χ0) is 29.0. The van der Waals surface area contributed by atoms with Gasteiger partial charge in [0.15, 0.2) is 0 Å². The number of nitrogens with one attached hydrogen (secondary N) is 1. The van der Waals surface area contributed by atoms with E-state index in [0.29, 0.717) is 60.9 Å². The minimum absolute atomic E-state index is 0.104. The normalized spacial score (nSPS) is 14.0. The number of aromatic nitrogens is 4. The van der Waals surface area contributed by atoms with E-state index in [4.69, 9.17) is 9.47 Å². The summed E-state index contributed by atoms with van der Waals surface area (Å²) in [5, 5.41) is 4.69. The number of benzene rings is 2. The largest absolute Gasteiger partial charge is 0.460 e. The molecule has 212 valence electrons. The molecule has 5 rings (SSSR count). The van der Waals surface area contributed by atoms with Crippen LogP contribution in [0.25, 0.3) is 22.6 Å². The number of anilines is 1. The van der Waals surface area contributed by atoms with Crippen molar-refractivity contribution in [2.75, 3.05) is 23.4 Å². The molecule has 1 amide bonds. The highest BCUT2D eigenvalue weighted by molar-refractivity contribution is 5.77. The van der Waals surface area contributed by atoms with Gasteiger partial charge in [-0.05, 0) is 76.1 Å². The number of hydrogen-bond donors (Lipinski definition) is 1. The van der Waals surface area contributed by atoms with Gasteiger partial charge in [0, 0.05) is 36.6 Å². The first kappa shape index (κ1) is 27.8. The van der Waals surface area contributed by atoms with E-state index >= 15 is 0 Å². The maximum atomic E-state index is 13.7. The van der Waals surface area contributed by atoms with Crippen LogP contribution in [0.15, 0.2) is 67.1 Å². The number of halogens is 1. The van der Waals surface area contributed by atoms with Gasteiger partial charge in [-0.25, -0.2) is 19.0 Å². The molecule has 1 fully saturated rings. The maximum Gasteiger partial charge on any atom is 0.322 e. The summed E-state index contributed by atoms with van der Waals surface area (Å²) in [4.78, 5) is 37.1. The maximum absolute atomic E-state index is 13.7. The van der Waals surface area contributed by atoms with Crippen molar-refractivity contribution in [3.05, 3.63) is 72.9 Å². The molecule has 1 aliphatic heterocycles. The Morgan fingerprint density at radius 3 is 2.54 bits per heavy atom. The van der Waals surface area contributed by atoms with E-state index in [1.807, 2.05) is 25.4 Å². The second kappa shape index (κ2) is 11.7. The topological polar surface area (TPSA) is 111 Å². The van der Waals surface area contributed by atoms with E-state index < -0.39 is 5.60 Å². The summed E-state index contributed by atoms with van der Waals surface area (Å²) in [6.07, 6.45) is 5.14. The Hall–Kier alpha value is -4.80. The number of amides is 1. The van der Waals surface area contributed by atoms with Crippen LogP contribution in [0.4, 0.5) is 10.1 Å². The van der Waals surface area contributed by atoms with Gasteiger partial charge in [0.25, 0.3) is 0 Å². The fraction of sp³-hybridized carbons (Fsp3) is 0.300. The first-order chi connectivity index (χ1) is 19.7. The number of esters is 1. The molecule has 0 saturated carbocycles. The molecule has 41 heavy (non-hydrogen) atoms. The van der Waals surface area contributed by atoms with E-state index in [-0.39, 0.29) is 23.7 Å². The summed E-state index contributed by atoms with van der Waals surface area (Å²) in [7, 11) is 0. The average molecular weight is 559 g/mol. The van der Waals surface area contributed by atoms with Crippen LogP contribution in [0.3, 0.4) is 0 Å². The molecule has 3 heterocycles. The monoisotopic (exact) mass is 558 g/mol. The van der Waals surface area contributed by atoms with Crippen molar-refractivity contribution in [3.63, 3.8) is 0 Å². The van der Waals surface area contributed by atoms with Crippen molar-refractivity contribution >= 4 is 18.1 Å². The molecular weight excluding hydrogens is 527 g/mol. The third-order valence-electron chi connectivity index (χ3n) is 6.53. The standard InChI is InChI=1S/C30H31FN6O4/c1-30(2,3)41-28(39)21-12-15-36(16-13-21)37-18-33-26(20-7-9-22(31)10-8-20)27(37)25-11-14-32-29(35-25)40-24-6-4-5-23(17-24)34-19-38/h4-11,14,17-19,21H,12-13,15-16H2,1-3H3,(H,34,38). The van der Waals surface area contributed by atoms with E-state index in [0.717, 1.165) is 5.56 Å². The van der Waals surface area contributed by atoms with Gasteiger partial charge in [-0.15, -0.1) is 0 Å². The third kappa shape index (κ3) is 6.68. The van der Waals surface area contributed by atoms with Crippen molar-refractivity contribution in [1.82, 2.24) is 19.6 Å². The van der Waals surface area contributed by atoms with Crippen molar-refractivity contribution in [1.29, 1.82) is 0 Å². The number of rotatable bonds is 8. The molecule has 10 nitrogen and oxygen atoms in total. The van der Waals surface area contributed by atoms with Gasteiger partial charge < -0.3 is 19.8 Å². The number of ether oxygens (including phenoxy) is 2. The van der Waals surface area contributed by atoms with Crippen LogP contribution in [0.5, 0.6) is 11.8 Å². The van der Waals surface area contributed by atoms with E-state index in [9.17, 15) is 14.0 Å². The lowest BCUT2D eigenvalue weighted by Gasteiger charge is -2.35. The molecule has 0 unspecified atom stereocenters. The molecule has 0 radical (unpaired) electrons. The van der Waals surface area contributed by atoms with Gasteiger partial charge in [0.2, 0.25) is 6.41 Å². The zero-order valence-electron chi connectivity index (χ0n) is 23.1. The summed E-state index contributed by atoms with van der Waals surface area (Å²) in [6.45, 7) is 6.80.